The maximum Gasteiger partial charge on any atom is 0.191 e. The van der Waals surface area contributed by atoms with Crippen molar-refractivity contribution in [2.24, 2.45) is 4.99 Å². The number of guanidine groups is 1. The Morgan fingerprint density at radius 2 is 2.15 bits per heavy atom. The van der Waals surface area contributed by atoms with Gasteiger partial charge in [-0.1, -0.05) is 26.7 Å². The molecular formula is C16H34N4. The van der Waals surface area contributed by atoms with Gasteiger partial charge in [0.25, 0.3) is 0 Å². The molecule has 0 saturated carbocycles. The molecule has 0 amide bonds. The molecule has 1 aliphatic rings. The molecule has 118 valence electrons. The maximum absolute atomic E-state index is 4.32. The summed E-state index contributed by atoms with van der Waals surface area (Å²) in [6.45, 7) is 10.2. The molecule has 0 aromatic carbocycles. The van der Waals surface area contributed by atoms with Gasteiger partial charge in [0.05, 0.1) is 0 Å². The second-order valence-electron chi connectivity index (χ2n) is 5.95. The molecule has 4 nitrogen and oxygen atoms in total. The van der Waals surface area contributed by atoms with Crippen LogP contribution in [0.1, 0.15) is 59.3 Å². The number of piperidine rings is 1. The van der Waals surface area contributed by atoms with E-state index >= 15 is 0 Å². The molecule has 0 bridgehead atoms. The molecule has 4 heteroatoms. The minimum absolute atomic E-state index is 0.476. The van der Waals surface area contributed by atoms with E-state index in [1.807, 2.05) is 7.05 Å². The molecule has 0 aromatic rings. The first kappa shape index (κ1) is 17.3. The lowest BCUT2D eigenvalue weighted by Gasteiger charge is -2.36. The highest BCUT2D eigenvalue weighted by Crippen LogP contribution is 2.16. The van der Waals surface area contributed by atoms with E-state index in [0.29, 0.717) is 12.1 Å². The van der Waals surface area contributed by atoms with Crippen molar-refractivity contribution >= 4 is 5.96 Å². The van der Waals surface area contributed by atoms with E-state index in [1.165, 1.54) is 45.2 Å². The van der Waals surface area contributed by atoms with Gasteiger partial charge in [0, 0.05) is 25.7 Å². The van der Waals surface area contributed by atoms with E-state index in [0.717, 1.165) is 18.9 Å². The Morgan fingerprint density at radius 1 is 1.35 bits per heavy atom. The van der Waals surface area contributed by atoms with Gasteiger partial charge in [0.2, 0.25) is 0 Å². The zero-order valence-electron chi connectivity index (χ0n) is 13.9. The van der Waals surface area contributed by atoms with Gasteiger partial charge in [-0.05, 0) is 45.7 Å². The molecule has 1 aliphatic heterocycles. The first-order valence-electron chi connectivity index (χ1n) is 8.42. The smallest absolute Gasteiger partial charge is 0.191 e. The Bertz CT molecular complexity index is 278. The second-order valence-corrected chi connectivity index (χ2v) is 5.95. The first-order chi connectivity index (χ1) is 9.71. The van der Waals surface area contributed by atoms with Crippen molar-refractivity contribution in [2.45, 2.75) is 71.4 Å². The lowest BCUT2D eigenvalue weighted by molar-refractivity contribution is 0.147. The lowest BCUT2D eigenvalue weighted by atomic mass is 10.0. The molecule has 20 heavy (non-hydrogen) atoms. The number of aliphatic imine (C=N–C) groups is 1. The van der Waals surface area contributed by atoms with Crippen LogP contribution in [-0.2, 0) is 0 Å². The van der Waals surface area contributed by atoms with Crippen molar-refractivity contribution in [2.75, 3.05) is 26.7 Å². The molecule has 1 saturated heterocycles. The van der Waals surface area contributed by atoms with Gasteiger partial charge in [0.1, 0.15) is 0 Å². The number of unbranched alkanes of at least 4 members (excludes halogenated alkanes) is 1. The molecule has 1 rings (SSSR count). The number of nitrogens with zero attached hydrogens (tertiary/aromatic N) is 2. The van der Waals surface area contributed by atoms with E-state index in [4.69, 9.17) is 0 Å². The van der Waals surface area contributed by atoms with Crippen molar-refractivity contribution in [3.8, 4) is 0 Å². The van der Waals surface area contributed by atoms with E-state index in [9.17, 15) is 0 Å². The molecule has 0 spiro atoms. The summed E-state index contributed by atoms with van der Waals surface area (Å²) in [5.74, 6) is 0.945. The SMILES string of the molecule is CCCCN1CCCCC1CNC(=NC)NC(C)CC. The van der Waals surface area contributed by atoms with Crippen LogP contribution >= 0.6 is 0 Å². The standard InChI is InChI=1S/C16H34N4/c1-5-7-11-20-12-9-8-10-15(20)13-18-16(17-4)19-14(3)6-2/h14-15H,5-13H2,1-4H3,(H2,17,18,19). The van der Waals surface area contributed by atoms with Crippen molar-refractivity contribution in [1.82, 2.24) is 15.5 Å². The summed E-state index contributed by atoms with van der Waals surface area (Å²) in [5, 5.41) is 6.94. The van der Waals surface area contributed by atoms with Crippen LogP contribution in [0.4, 0.5) is 0 Å². The van der Waals surface area contributed by atoms with Gasteiger partial charge in [0.15, 0.2) is 5.96 Å². The summed E-state index contributed by atoms with van der Waals surface area (Å²) >= 11 is 0. The quantitative estimate of drug-likeness (QED) is 0.557. The van der Waals surface area contributed by atoms with Gasteiger partial charge < -0.3 is 10.6 Å². The summed E-state index contributed by atoms with van der Waals surface area (Å²) in [5.41, 5.74) is 0. The zero-order chi connectivity index (χ0) is 14.8. The maximum atomic E-state index is 4.32. The zero-order valence-corrected chi connectivity index (χ0v) is 13.9. The average molecular weight is 282 g/mol. The molecular weight excluding hydrogens is 248 g/mol. The second kappa shape index (κ2) is 10.0. The monoisotopic (exact) mass is 282 g/mol. The van der Waals surface area contributed by atoms with Crippen LogP contribution in [0.3, 0.4) is 0 Å². The number of hydrogen-bond acceptors (Lipinski definition) is 2. The van der Waals surface area contributed by atoms with E-state index in [1.54, 1.807) is 0 Å². The Balaban J connectivity index is 2.39. The summed E-state index contributed by atoms with van der Waals surface area (Å²) in [6, 6.07) is 1.15. The number of nitrogens with one attached hydrogen (secondary N) is 2. The van der Waals surface area contributed by atoms with Crippen molar-refractivity contribution in [3.05, 3.63) is 0 Å². The molecule has 2 unspecified atom stereocenters. The topological polar surface area (TPSA) is 39.7 Å². The molecule has 0 aromatic heterocycles. The predicted octanol–water partition coefficient (Wildman–Crippen LogP) is 2.60. The molecule has 0 aliphatic carbocycles. The minimum atomic E-state index is 0.476. The van der Waals surface area contributed by atoms with Crippen LogP contribution in [-0.4, -0.2) is 49.6 Å². The fraction of sp³-hybridized carbons (Fsp3) is 0.938. The van der Waals surface area contributed by atoms with Crippen LogP contribution in [0, 0.1) is 0 Å². The van der Waals surface area contributed by atoms with Crippen molar-refractivity contribution in [1.29, 1.82) is 0 Å². The van der Waals surface area contributed by atoms with Crippen LogP contribution < -0.4 is 10.6 Å². The Hall–Kier alpha value is -0.770. The van der Waals surface area contributed by atoms with Gasteiger partial charge in [-0.2, -0.15) is 0 Å². The summed E-state index contributed by atoms with van der Waals surface area (Å²) in [4.78, 5) is 6.99. The largest absolute Gasteiger partial charge is 0.355 e. The van der Waals surface area contributed by atoms with Crippen LogP contribution in [0.2, 0.25) is 0 Å². The van der Waals surface area contributed by atoms with E-state index in [-0.39, 0.29) is 0 Å². The third-order valence-electron chi connectivity index (χ3n) is 4.27. The van der Waals surface area contributed by atoms with E-state index < -0.39 is 0 Å². The third kappa shape index (κ3) is 6.12. The predicted molar refractivity (Wildman–Crippen MR) is 88.4 cm³/mol. The summed E-state index contributed by atoms with van der Waals surface area (Å²) in [6.07, 6.45) is 7.76. The van der Waals surface area contributed by atoms with Crippen molar-refractivity contribution in [3.63, 3.8) is 0 Å². The summed E-state index contributed by atoms with van der Waals surface area (Å²) in [7, 11) is 1.85. The number of rotatable bonds is 7. The average Bonchev–Trinajstić information content (AvgIpc) is 2.49. The Kier molecular flexibility index (Phi) is 8.67. The van der Waals surface area contributed by atoms with Crippen molar-refractivity contribution < 1.29 is 0 Å². The first-order valence-corrected chi connectivity index (χ1v) is 8.42. The molecule has 0 radical (unpaired) electrons. The Labute approximate surface area is 125 Å². The highest BCUT2D eigenvalue weighted by Gasteiger charge is 2.21. The number of likely N-dealkylation sites (tertiary alicyclic amines) is 1. The van der Waals surface area contributed by atoms with Crippen LogP contribution in [0.5, 0.6) is 0 Å². The van der Waals surface area contributed by atoms with Gasteiger partial charge in [-0.3, -0.25) is 9.89 Å². The fourth-order valence-electron chi connectivity index (χ4n) is 2.69. The molecule has 1 fully saturated rings. The Morgan fingerprint density at radius 3 is 2.80 bits per heavy atom. The van der Waals surface area contributed by atoms with Gasteiger partial charge >= 0.3 is 0 Å². The lowest BCUT2D eigenvalue weighted by Crippen LogP contribution is -2.50. The van der Waals surface area contributed by atoms with E-state index in [2.05, 4.69) is 41.3 Å². The van der Waals surface area contributed by atoms with Crippen LogP contribution in [0.25, 0.3) is 0 Å². The van der Waals surface area contributed by atoms with Gasteiger partial charge in [-0.25, -0.2) is 0 Å². The normalized spacial score (nSPS) is 22.6. The van der Waals surface area contributed by atoms with Gasteiger partial charge in [-0.15, -0.1) is 0 Å². The highest BCUT2D eigenvalue weighted by atomic mass is 15.2. The minimum Gasteiger partial charge on any atom is -0.355 e. The third-order valence-corrected chi connectivity index (χ3v) is 4.27. The molecule has 2 atom stereocenters. The molecule has 1 heterocycles. The molecule has 2 N–H and O–H groups in total. The number of hydrogen-bond donors (Lipinski definition) is 2. The summed E-state index contributed by atoms with van der Waals surface area (Å²) < 4.78 is 0. The fourth-order valence-corrected chi connectivity index (χ4v) is 2.69. The van der Waals surface area contributed by atoms with Crippen LogP contribution in [0.15, 0.2) is 4.99 Å². The highest BCUT2D eigenvalue weighted by molar-refractivity contribution is 5.79.